The van der Waals surface area contributed by atoms with Gasteiger partial charge in [0, 0.05) is 6.61 Å². The highest BCUT2D eigenvalue weighted by Crippen LogP contribution is 2.43. The van der Waals surface area contributed by atoms with Gasteiger partial charge in [0.15, 0.2) is 0 Å². The summed E-state index contributed by atoms with van der Waals surface area (Å²) in [5.74, 6) is 1.21. The molecule has 3 heteroatoms. The summed E-state index contributed by atoms with van der Waals surface area (Å²) in [6.45, 7) is 8.39. The lowest BCUT2D eigenvalue weighted by Crippen LogP contribution is -2.25. The number of carbonyl (C=O) groups excluding carboxylic acids is 1. The molecule has 1 N–H and O–H groups in total. The van der Waals surface area contributed by atoms with E-state index in [1.807, 2.05) is 20.8 Å². The molecule has 0 aromatic carbocycles. The van der Waals surface area contributed by atoms with E-state index in [2.05, 4.69) is 6.92 Å². The summed E-state index contributed by atoms with van der Waals surface area (Å²) in [6, 6.07) is 0. The van der Waals surface area contributed by atoms with Crippen LogP contribution in [0.4, 0.5) is 0 Å². The molecule has 0 unspecified atom stereocenters. The topological polar surface area (TPSA) is 46.5 Å². The second-order valence-electron chi connectivity index (χ2n) is 5.67. The first-order chi connectivity index (χ1) is 6.86. The van der Waals surface area contributed by atoms with Gasteiger partial charge in [0.05, 0.1) is 12.0 Å². The largest absolute Gasteiger partial charge is 0.465 e. The van der Waals surface area contributed by atoms with Gasteiger partial charge in [-0.15, -0.1) is 0 Å². The van der Waals surface area contributed by atoms with E-state index in [4.69, 9.17) is 9.84 Å². The Hall–Kier alpha value is -0.570. The van der Waals surface area contributed by atoms with Crippen molar-refractivity contribution in [3.05, 3.63) is 0 Å². The Morgan fingerprint density at radius 2 is 2.13 bits per heavy atom. The number of aliphatic hydroxyl groups excluding tert-OH is 1. The smallest absolute Gasteiger partial charge is 0.311 e. The van der Waals surface area contributed by atoms with Crippen LogP contribution in [0.5, 0.6) is 0 Å². The van der Waals surface area contributed by atoms with E-state index in [1.165, 1.54) is 0 Å². The zero-order valence-corrected chi connectivity index (χ0v) is 10.1. The highest BCUT2D eigenvalue weighted by Gasteiger charge is 2.40. The van der Waals surface area contributed by atoms with Crippen molar-refractivity contribution in [1.29, 1.82) is 0 Å². The molecule has 1 aliphatic rings. The molecule has 0 aromatic rings. The van der Waals surface area contributed by atoms with Crippen LogP contribution in [-0.2, 0) is 9.53 Å². The van der Waals surface area contributed by atoms with E-state index in [9.17, 15) is 4.79 Å². The fourth-order valence-corrected chi connectivity index (χ4v) is 1.73. The average Bonchev–Trinajstić information content (AvgIpc) is 2.90. The minimum Gasteiger partial charge on any atom is -0.465 e. The molecule has 0 radical (unpaired) electrons. The second kappa shape index (κ2) is 4.52. The van der Waals surface area contributed by atoms with Crippen LogP contribution in [0.15, 0.2) is 0 Å². The van der Waals surface area contributed by atoms with Crippen molar-refractivity contribution in [1.82, 2.24) is 0 Å². The summed E-state index contributed by atoms with van der Waals surface area (Å²) in [4.78, 5) is 11.5. The van der Waals surface area contributed by atoms with E-state index in [0.29, 0.717) is 24.4 Å². The molecule has 0 amide bonds. The van der Waals surface area contributed by atoms with Crippen LogP contribution in [0.2, 0.25) is 0 Å². The SMILES string of the molecule is C[C@@H](COC(=O)C(C)(C)C)[C@@H]1C[C@@H]1CO. The van der Waals surface area contributed by atoms with Crippen LogP contribution < -0.4 is 0 Å². The molecular formula is C12H22O3. The number of hydrogen-bond donors (Lipinski definition) is 1. The minimum atomic E-state index is -0.417. The Balaban J connectivity index is 2.23. The molecule has 0 aromatic heterocycles. The number of carbonyl (C=O) groups is 1. The Morgan fingerprint density at radius 3 is 2.53 bits per heavy atom. The third-order valence-electron chi connectivity index (χ3n) is 3.03. The molecular weight excluding hydrogens is 192 g/mol. The summed E-state index contributed by atoms with van der Waals surface area (Å²) in [5.41, 5.74) is -0.417. The maximum atomic E-state index is 11.5. The van der Waals surface area contributed by atoms with Gasteiger partial charge in [-0.1, -0.05) is 6.92 Å². The lowest BCUT2D eigenvalue weighted by molar-refractivity contribution is -0.154. The highest BCUT2D eigenvalue weighted by molar-refractivity contribution is 5.75. The zero-order chi connectivity index (χ0) is 11.6. The van der Waals surface area contributed by atoms with Gasteiger partial charge in [0.25, 0.3) is 0 Å². The Morgan fingerprint density at radius 1 is 1.53 bits per heavy atom. The number of ether oxygens (including phenoxy) is 1. The van der Waals surface area contributed by atoms with Crippen LogP contribution in [0.1, 0.15) is 34.1 Å². The number of aliphatic hydroxyl groups is 1. The molecule has 3 nitrogen and oxygen atoms in total. The average molecular weight is 214 g/mol. The van der Waals surface area contributed by atoms with Crippen molar-refractivity contribution in [2.75, 3.05) is 13.2 Å². The number of rotatable bonds is 4. The molecule has 0 saturated heterocycles. The first-order valence-electron chi connectivity index (χ1n) is 5.64. The van der Waals surface area contributed by atoms with Gasteiger partial charge >= 0.3 is 5.97 Å². The third kappa shape index (κ3) is 3.49. The highest BCUT2D eigenvalue weighted by atomic mass is 16.5. The second-order valence-corrected chi connectivity index (χ2v) is 5.67. The normalized spacial score (nSPS) is 27.3. The monoisotopic (exact) mass is 214 g/mol. The molecule has 15 heavy (non-hydrogen) atoms. The van der Waals surface area contributed by atoms with Crippen molar-refractivity contribution in [3.8, 4) is 0 Å². The Labute approximate surface area is 91.8 Å². The van der Waals surface area contributed by atoms with Crippen LogP contribution in [0.3, 0.4) is 0 Å². The summed E-state index contributed by atoms with van der Waals surface area (Å²) in [6.07, 6.45) is 1.07. The van der Waals surface area contributed by atoms with E-state index in [0.717, 1.165) is 6.42 Å². The molecule has 3 atom stereocenters. The molecule has 0 heterocycles. The predicted octanol–water partition coefficient (Wildman–Crippen LogP) is 1.84. The van der Waals surface area contributed by atoms with E-state index in [1.54, 1.807) is 0 Å². The van der Waals surface area contributed by atoms with E-state index < -0.39 is 5.41 Å². The van der Waals surface area contributed by atoms with Crippen LogP contribution >= 0.6 is 0 Å². The lowest BCUT2D eigenvalue weighted by Gasteiger charge is -2.19. The standard InChI is InChI=1S/C12H22O3/c1-8(10-5-9(10)6-13)7-15-11(14)12(2,3)4/h8-10,13H,5-7H2,1-4H3/t8-,9+,10-/m0/s1. The molecule has 1 aliphatic carbocycles. The lowest BCUT2D eigenvalue weighted by atomic mass is 9.97. The van der Waals surface area contributed by atoms with Crippen molar-refractivity contribution >= 4 is 5.97 Å². The van der Waals surface area contributed by atoms with Crippen LogP contribution in [0.25, 0.3) is 0 Å². The molecule has 0 bridgehead atoms. The molecule has 0 spiro atoms. The van der Waals surface area contributed by atoms with Gasteiger partial charge in [-0.2, -0.15) is 0 Å². The first kappa shape index (κ1) is 12.5. The van der Waals surface area contributed by atoms with E-state index >= 15 is 0 Å². The van der Waals surface area contributed by atoms with E-state index in [-0.39, 0.29) is 12.6 Å². The van der Waals surface area contributed by atoms with Gasteiger partial charge in [-0.05, 0) is 44.9 Å². The quantitative estimate of drug-likeness (QED) is 0.726. The molecule has 88 valence electrons. The first-order valence-corrected chi connectivity index (χ1v) is 5.64. The fourth-order valence-electron chi connectivity index (χ4n) is 1.73. The minimum absolute atomic E-state index is 0.143. The van der Waals surface area contributed by atoms with Crippen molar-refractivity contribution in [3.63, 3.8) is 0 Å². The van der Waals surface area contributed by atoms with Gasteiger partial charge in [0.2, 0.25) is 0 Å². The van der Waals surface area contributed by atoms with Crippen LogP contribution in [0, 0.1) is 23.2 Å². The van der Waals surface area contributed by atoms with Crippen molar-refractivity contribution in [2.24, 2.45) is 23.2 Å². The molecule has 0 aliphatic heterocycles. The van der Waals surface area contributed by atoms with Crippen molar-refractivity contribution < 1.29 is 14.6 Å². The third-order valence-corrected chi connectivity index (χ3v) is 3.03. The Kier molecular flexibility index (Phi) is 3.77. The Bertz CT molecular complexity index is 230. The summed E-state index contributed by atoms with van der Waals surface area (Å²) in [7, 11) is 0. The molecule has 1 fully saturated rings. The van der Waals surface area contributed by atoms with Crippen LogP contribution in [-0.4, -0.2) is 24.3 Å². The van der Waals surface area contributed by atoms with Crippen molar-refractivity contribution in [2.45, 2.75) is 34.1 Å². The number of esters is 1. The fraction of sp³-hybridized carbons (Fsp3) is 0.917. The maximum Gasteiger partial charge on any atom is 0.311 e. The summed E-state index contributed by atoms with van der Waals surface area (Å²) in [5, 5.41) is 8.92. The van der Waals surface area contributed by atoms with Gasteiger partial charge in [-0.3, -0.25) is 4.79 Å². The molecule has 1 rings (SSSR count). The van der Waals surface area contributed by atoms with Gasteiger partial charge in [0.1, 0.15) is 0 Å². The summed E-state index contributed by atoms with van der Waals surface area (Å²) < 4.78 is 5.24. The summed E-state index contributed by atoms with van der Waals surface area (Å²) >= 11 is 0. The predicted molar refractivity (Wildman–Crippen MR) is 58.3 cm³/mol. The zero-order valence-electron chi connectivity index (χ0n) is 10.1. The van der Waals surface area contributed by atoms with Gasteiger partial charge in [-0.25, -0.2) is 0 Å². The molecule has 1 saturated carbocycles. The maximum absolute atomic E-state index is 11.5. The van der Waals surface area contributed by atoms with Gasteiger partial charge < -0.3 is 9.84 Å². The number of hydrogen-bond acceptors (Lipinski definition) is 3.